The molecule has 0 N–H and O–H groups in total. The van der Waals surface area contributed by atoms with Gasteiger partial charge in [-0.15, -0.1) is 0 Å². The molecule has 0 fully saturated rings. The van der Waals surface area contributed by atoms with Crippen LogP contribution in [0.5, 0.6) is 11.5 Å². The van der Waals surface area contributed by atoms with Crippen LogP contribution in [0.4, 0.5) is 0 Å². The standard InChI is InChI=1S/C25H24O5/c1-3-24(26)29-15-5-4-14-28-22-11-8-19(9-12-22)25(27)30-23-13-10-20-16-18(2)6-7-21(20)17-23/h3,6-13,16-17H,1,4-5,14-15H2,2H3. The first-order valence-electron chi connectivity index (χ1n) is 9.80. The van der Waals surface area contributed by atoms with E-state index in [0.717, 1.165) is 23.3 Å². The predicted octanol–water partition coefficient (Wildman–Crippen LogP) is 5.26. The maximum absolute atomic E-state index is 12.4. The molecule has 0 aliphatic carbocycles. The van der Waals surface area contributed by atoms with Crippen LogP contribution in [0.15, 0.2) is 73.3 Å². The molecule has 154 valence electrons. The third-order valence-electron chi connectivity index (χ3n) is 4.49. The fraction of sp³-hybridized carbons (Fsp3) is 0.200. The quantitative estimate of drug-likeness (QED) is 0.211. The Hall–Kier alpha value is -3.60. The van der Waals surface area contributed by atoms with Crippen LogP contribution in [0.2, 0.25) is 0 Å². The van der Waals surface area contributed by atoms with Gasteiger partial charge in [0.25, 0.3) is 0 Å². The van der Waals surface area contributed by atoms with Crippen molar-refractivity contribution in [2.75, 3.05) is 13.2 Å². The molecule has 0 aliphatic rings. The predicted molar refractivity (Wildman–Crippen MR) is 116 cm³/mol. The summed E-state index contributed by atoms with van der Waals surface area (Å²) in [5, 5.41) is 2.13. The second kappa shape index (κ2) is 10.3. The summed E-state index contributed by atoms with van der Waals surface area (Å²) in [5.41, 5.74) is 1.63. The lowest BCUT2D eigenvalue weighted by Crippen LogP contribution is -2.08. The zero-order valence-corrected chi connectivity index (χ0v) is 16.9. The van der Waals surface area contributed by atoms with Gasteiger partial charge in [0.05, 0.1) is 18.8 Å². The van der Waals surface area contributed by atoms with Crippen LogP contribution in [0.25, 0.3) is 10.8 Å². The number of fused-ring (bicyclic) bond motifs is 1. The van der Waals surface area contributed by atoms with E-state index >= 15 is 0 Å². The van der Waals surface area contributed by atoms with Crippen LogP contribution in [0, 0.1) is 6.92 Å². The summed E-state index contributed by atoms with van der Waals surface area (Å²) >= 11 is 0. The minimum atomic E-state index is -0.419. The molecule has 0 heterocycles. The zero-order valence-electron chi connectivity index (χ0n) is 16.9. The molecule has 0 atom stereocenters. The van der Waals surface area contributed by atoms with Crippen LogP contribution >= 0.6 is 0 Å². The summed E-state index contributed by atoms with van der Waals surface area (Å²) in [6.07, 6.45) is 2.59. The highest BCUT2D eigenvalue weighted by atomic mass is 16.5. The molecule has 0 aromatic heterocycles. The second-order valence-corrected chi connectivity index (χ2v) is 6.85. The van der Waals surface area contributed by atoms with Gasteiger partial charge in [-0.1, -0.05) is 36.4 Å². The monoisotopic (exact) mass is 404 g/mol. The Morgan fingerprint density at radius 3 is 2.30 bits per heavy atom. The van der Waals surface area contributed by atoms with Gasteiger partial charge in [-0.2, -0.15) is 0 Å². The van der Waals surface area contributed by atoms with E-state index < -0.39 is 11.9 Å². The first-order valence-corrected chi connectivity index (χ1v) is 9.80. The largest absolute Gasteiger partial charge is 0.494 e. The van der Waals surface area contributed by atoms with Crippen LogP contribution in [0.1, 0.15) is 28.8 Å². The number of ether oxygens (including phenoxy) is 3. The first kappa shape index (κ1) is 21.1. The molecule has 3 rings (SSSR count). The van der Waals surface area contributed by atoms with Gasteiger partial charge in [0, 0.05) is 6.08 Å². The van der Waals surface area contributed by atoms with Gasteiger partial charge in [0.1, 0.15) is 11.5 Å². The van der Waals surface area contributed by atoms with E-state index in [1.165, 1.54) is 5.56 Å². The van der Waals surface area contributed by atoms with Crippen molar-refractivity contribution in [3.8, 4) is 11.5 Å². The Labute approximate surface area is 175 Å². The van der Waals surface area contributed by atoms with Crippen molar-refractivity contribution in [1.82, 2.24) is 0 Å². The smallest absolute Gasteiger partial charge is 0.343 e. The molecule has 0 saturated carbocycles. The van der Waals surface area contributed by atoms with Crippen molar-refractivity contribution in [1.29, 1.82) is 0 Å². The number of hydrogen-bond donors (Lipinski definition) is 0. The lowest BCUT2D eigenvalue weighted by molar-refractivity contribution is -0.137. The molecule has 0 unspecified atom stereocenters. The van der Waals surface area contributed by atoms with Crippen LogP contribution in [-0.4, -0.2) is 25.2 Å². The van der Waals surface area contributed by atoms with Crippen molar-refractivity contribution < 1.29 is 23.8 Å². The van der Waals surface area contributed by atoms with Crippen LogP contribution in [-0.2, 0) is 9.53 Å². The van der Waals surface area contributed by atoms with Crippen LogP contribution in [0.3, 0.4) is 0 Å². The summed E-state index contributed by atoms with van der Waals surface area (Å²) in [6, 6.07) is 18.5. The number of unbranched alkanes of at least 4 members (excludes halogenated alkanes) is 1. The molecule has 3 aromatic rings. The minimum Gasteiger partial charge on any atom is -0.494 e. The van der Waals surface area contributed by atoms with Gasteiger partial charge in [0.15, 0.2) is 0 Å². The fourth-order valence-corrected chi connectivity index (χ4v) is 2.89. The van der Waals surface area contributed by atoms with Crippen molar-refractivity contribution in [3.63, 3.8) is 0 Å². The Morgan fingerprint density at radius 2 is 1.53 bits per heavy atom. The number of esters is 2. The van der Waals surface area contributed by atoms with Gasteiger partial charge in [-0.25, -0.2) is 9.59 Å². The van der Waals surface area contributed by atoms with E-state index in [4.69, 9.17) is 14.2 Å². The Morgan fingerprint density at radius 1 is 0.867 bits per heavy atom. The molecule has 30 heavy (non-hydrogen) atoms. The van der Waals surface area contributed by atoms with Gasteiger partial charge < -0.3 is 14.2 Å². The highest BCUT2D eigenvalue weighted by Gasteiger charge is 2.09. The van der Waals surface area contributed by atoms with E-state index in [2.05, 4.69) is 12.6 Å². The minimum absolute atomic E-state index is 0.341. The molecule has 0 bridgehead atoms. The van der Waals surface area contributed by atoms with Gasteiger partial charge >= 0.3 is 11.9 Å². The third-order valence-corrected chi connectivity index (χ3v) is 4.49. The second-order valence-electron chi connectivity index (χ2n) is 6.85. The molecular weight excluding hydrogens is 380 g/mol. The molecule has 0 saturated heterocycles. The maximum Gasteiger partial charge on any atom is 0.343 e. The van der Waals surface area contributed by atoms with Gasteiger partial charge in [-0.3, -0.25) is 0 Å². The molecular formula is C25H24O5. The SMILES string of the molecule is C=CC(=O)OCCCCOc1ccc(C(=O)Oc2ccc3cc(C)ccc3c2)cc1. The van der Waals surface area contributed by atoms with E-state index in [1.807, 2.05) is 31.2 Å². The Bertz CT molecular complexity index is 1040. The van der Waals surface area contributed by atoms with Crippen molar-refractivity contribution in [2.24, 2.45) is 0 Å². The number of aryl methyl sites for hydroxylation is 1. The van der Waals surface area contributed by atoms with E-state index in [1.54, 1.807) is 30.3 Å². The van der Waals surface area contributed by atoms with Crippen molar-refractivity contribution in [3.05, 3.63) is 84.4 Å². The normalized spacial score (nSPS) is 10.4. The molecule has 0 aliphatic heterocycles. The van der Waals surface area contributed by atoms with E-state index in [0.29, 0.717) is 36.7 Å². The maximum atomic E-state index is 12.4. The number of carbonyl (C=O) groups excluding carboxylic acids is 2. The molecule has 0 amide bonds. The Balaban J connectivity index is 1.48. The molecule has 0 radical (unpaired) electrons. The lowest BCUT2D eigenvalue weighted by atomic mass is 10.1. The number of hydrogen-bond acceptors (Lipinski definition) is 5. The topological polar surface area (TPSA) is 61.8 Å². The average Bonchev–Trinajstić information content (AvgIpc) is 2.76. The van der Waals surface area contributed by atoms with Crippen molar-refractivity contribution in [2.45, 2.75) is 19.8 Å². The Kier molecular flexibility index (Phi) is 7.22. The molecule has 3 aromatic carbocycles. The van der Waals surface area contributed by atoms with Crippen LogP contribution < -0.4 is 9.47 Å². The number of benzene rings is 3. The average molecular weight is 404 g/mol. The number of rotatable bonds is 9. The third kappa shape index (κ3) is 5.95. The van der Waals surface area contributed by atoms with E-state index in [9.17, 15) is 9.59 Å². The van der Waals surface area contributed by atoms with Crippen molar-refractivity contribution >= 4 is 22.7 Å². The zero-order chi connectivity index (χ0) is 21.3. The molecule has 5 heteroatoms. The summed E-state index contributed by atoms with van der Waals surface area (Å²) in [5.74, 6) is 0.332. The molecule has 0 spiro atoms. The summed E-state index contributed by atoms with van der Waals surface area (Å²) in [7, 11) is 0. The number of carbonyl (C=O) groups is 2. The summed E-state index contributed by atoms with van der Waals surface area (Å²) in [4.78, 5) is 23.3. The fourth-order valence-electron chi connectivity index (χ4n) is 2.89. The summed E-state index contributed by atoms with van der Waals surface area (Å²) < 4.78 is 16.0. The first-order chi connectivity index (χ1) is 14.5. The van der Waals surface area contributed by atoms with Gasteiger partial charge in [-0.05, 0) is 66.9 Å². The molecule has 5 nitrogen and oxygen atoms in total. The lowest BCUT2D eigenvalue weighted by Gasteiger charge is -2.08. The summed E-state index contributed by atoms with van der Waals surface area (Å²) in [6.45, 7) is 6.22. The van der Waals surface area contributed by atoms with Gasteiger partial charge in [0.2, 0.25) is 0 Å². The highest BCUT2D eigenvalue weighted by Crippen LogP contribution is 2.23. The van der Waals surface area contributed by atoms with E-state index in [-0.39, 0.29) is 0 Å². The highest BCUT2D eigenvalue weighted by molar-refractivity contribution is 5.92.